The second-order valence-electron chi connectivity index (χ2n) is 3.90. The van der Waals surface area contributed by atoms with Crippen molar-refractivity contribution in [2.45, 2.75) is 32.1 Å². The molecule has 0 aliphatic heterocycles. The molecule has 6 nitrogen and oxygen atoms in total. The van der Waals surface area contributed by atoms with Crippen molar-refractivity contribution in [1.82, 2.24) is 10.1 Å². The summed E-state index contributed by atoms with van der Waals surface area (Å²) >= 11 is 4.12. The molecule has 7 heteroatoms. The van der Waals surface area contributed by atoms with Crippen molar-refractivity contribution in [2.75, 3.05) is 11.1 Å². The molecule has 90 valence electrons. The van der Waals surface area contributed by atoms with Crippen LogP contribution in [0, 0.1) is 5.92 Å². The largest absolute Gasteiger partial charge is 0.351 e. The predicted molar refractivity (Wildman–Crippen MR) is 64.4 cm³/mol. The van der Waals surface area contributed by atoms with Crippen molar-refractivity contribution >= 4 is 30.4 Å². The van der Waals surface area contributed by atoms with Gasteiger partial charge in [0.2, 0.25) is 0 Å². The van der Waals surface area contributed by atoms with Gasteiger partial charge in [0, 0.05) is 0 Å². The Morgan fingerprint density at radius 3 is 2.50 bits per heavy atom. The Kier molecular flexibility index (Phi) is 4.17. The number of nitrogens with two attached hydrogens (primary N) is 1. The number of rotatable bonds is 5. The number of thiol groups is 1. The number of Topliss-reactive ketones (excluding diaryl/α,β-unsaturated/α-hetero) is 1. The van der Waals surface area contributed by atoms with E-state index in [0.29, 0.717) is 0 Å². The molecule has 0 saturated carbocycles. The van der Waals surface area contributed by atoms with Crippen molar-refractivity contribution in [2.24, 2.45) is 5.92 Å². The molecule has 0 radical (unpaired) electrons. The lowest BCUT2D eigenvalue weighted by atomic mass is 9.98. The summed E-state index contributed by atoms with van der Waals surface area (Å²) < 4.78 is 4.61. The summed E-state index contributed by atoms with van der Waals surface area (Å²) in [5.41, 5.74) is 5.29. The minimum atomic E-state index is -0.399. The van der Waals surface area contributed by atoms with E-state index in [9.17, 15) is 4.79 Å². The van der Waals surface area contributed by atoms with Gasteiger partial charge in [0.25, 0.3) is 5.95 Å². The molecule has 2 atom stereocenters. The Balaban J connectivity index is 2.76. The number of nitrogens with one attached hydrogen (secondary N) is 1. The highest BCUT2D eigenvalue weighted by molar-refractivity contribution is 7.81. The Bertz CT molecular complexity index is 364. The van der Waals surface area contributed by atoms with E-state index >= 15 is 0 Å². The van der Waals surface area contributed by atoms with Crippen LogP contribution in [0.3, 0.4) is 0 Å². The van der Waals surface area contributed by atoms with Crippen LogP contribution in [0.15, 0.2) is 4.52 Å². The van der Waals surface area contributed by atoms with Gasteiger partial charge in [-0.2, -0.15) is 17.6 Å². The van der Waals surface area contributed by atoms with E-state index in [0.717, 1.165) is 0 Å². The summed E-state index contributed by atoms with van der Waals surface area (Å²) in [7, 11) is 0. The Labute approximate surface area is 99.4 Å². The topological polar surface area (TPSA) is 94.0 Å². The van der Waals surface area contributed by atoms with Crippen LogP contribution in [0.25, 0.3) is 0 Å². The molecule has 1 heterocycles. The molecule has 16 heavy (non-hydrogen) atoms. The zero-order valence-corrected chi connectivity index (χ0v) is 10.4. The van der Waals surface area contributed by atoms with E-state index in [1.54, 1.807) is 6.92 Å². The smallest absolute Gasteiger partial charge is 0.320 e. The van der Waals surface area contributed by atoms with E-state index in [2.05, 4.69) is 32.6 Å². The molecule has 1 aromatic rings. The van der Waals surface area contributed by atoms with Crippen LogP contribution >= 0.6 is 12.6 Å². The quantitative estimate of drug-likeness (QED) is 0.668. The lowest BCUT2D eigenvalue weighted by Crippen LogP contribution is -2.38. The number of carbonyl (C=O) groups is 1. The van der Waals surface area contributed by atoms with Gasteiger partial charge in [-0.3, -0.25) is 4.79 Å². The molecule has 0 aliphatic carbocycles. The third-order valence-electron chi connectivity index (χ3n) is 2.11. The van der Waals surface area contributed by atoms with Crippen LogP contribution in [0.2, 0.25) is 0 Å². The molecule has 0 amide bonds. The average molecular weight is 244 g/mol. The van der Waals surface area contributed by atoms with Crippen LogP contribution in [0.1, 0.15) is 20.8 Å². The van der Waals surface area contributed by atoms with Gasteiger partial charge in [-0.25, -0.2) is 0 Å². The van der Waals surface area contributed by atoms with E-state index in [1.165, 1.54) is 0 Å². The van der Waals surface area contributed by atoms with Gasteiger partial charge in [0.05, 0.1) is 11.3 Å². The van der Waals surface area contributed by atoms with Crippen LogP contribution < -0.4 is 11.1 Å². The second-order valence-corrected chi connectivity index (χ2v) is 4.68. The highest BCUT2D eigenvalue weighted by atomic mass is 32.1. The normalized spacial score (nSPS) is 14.8. The average Bonchev–Trinajstić information content (AvgIpc) is 2.59. The zero-order chi connectivity index (χ0) is 12.3. The summed E-state index contributed by atoms with van der Waals surface area (Å²) in [6.45, 7) is 5.58. The molecule has 0 fully saturated rings. The SMILES string of the molecule is CC(S)C(=O)[C@@H](Nc1noc(N)n1)C(C)C. The molecule has 1 unspecified atom stereocenters. The maximum Gasteiger partial charge on any atom is 0.320 e. The van der Waals surface area contributed by atoms with Gasteiger partial charge < -0.3 is 15.6 Å². The monoisotopic (exact) mass is 244 g/mol. The molecule has 0 aromatic carbocycles. The first kappa shape index (κ1) is 12.8. The minimum absolute atomic E-state index is 0.0123. The van der Waals surface area contributed by atoms with Gasteiger partial charge in [-0.1, -0.05) is 13.8 Å². The number of carbonyl (C=O) groups excluding carboxylic acids is 1. The summed E-state index contributed by atoms with van der Waals surface area (Å²) in [6, 6.07) is -0.430. The number of nitrogen functional groups attached to an aromatic ring is 1. The van der Waals surface area contributed by atoms with E-state index in [4.69, 9.17) is 5.73 Å². The molecule has 0 spiro atoms. The molecule has 3 N–H and O–H groups in total. The first-order valence-corrected chi connectivity index (χ1v) is 5.51. The third-order valence-corrected chi connectivity index (χ3v) is 2.37. The first-order valence-electron chi connectivity index (χ1n) is 4.99. The van der Waals surface area contributed by atoms with Crippen molar-refractivity contribution in [1.29, 1.82) is 0 Å². The van der Waals surface area contributed by atoms with E-state index in [-0.39, 0.29) is 28.9 Å². The summed E-state index contributed by atoms with van der Waals surface area (Å²) in [5, 5.41) is 6.12. The standard InChI is InChI=1S/C9H16N4O2S/c1-4(2)6(7(14)5(3)16)11-9-12-8(10)15-13-9/h4-6,16H,1-3H3,(H3,10,11,12,13)/t5?,6-/m0/s1. The summed E-state index contributed by atoms with van der Waals surface area (Å²) in [4.78, 5) is 15.6. The molecule has 0 saturated heterocycles. The van der Waals surface area contributed by atoms with Gasteiger partial charge in [-0.15, -0.1) is 0 Å². The fraction of sp³-hybridized carbons (Fsp3) is 0.667. The van der Waals surface area contributed by atoms with Crippen molar-refractivity contribution in [3.63, 3.8) is 0 Å². The number of aromatic nitrogens is 2. The van der Waals surface area contributed by atoms with Gasteiger partial charge in [0.15, 0.2) is 5.78 Å². The van der Waals surface area contributed by atoms with Crippen molar-refractivity contribution in [3.8, 4) is 0 Å². The zero-order valence-electron chi connectivity index (χ0n) is 9.47. The minimum Gasteiger partial charge on any atom is -0.351 e. The van der Waals surface area contributed by atoms with Crippen LogP contribution in [0.4, 0.5) is 12.0 Å². The number of ketones is 1. The molecular weight excluding hydrogens is 228 g/mol. The number of hydrogen-bond acceptors (Lipinski definition) is 7. The van der Waals surface area contributed by atoms with Gasteiger partial charge in [0.1, 0.15) is 0 Å². The molecule has 0 aliphatic rings. The molecule has 1 rings (SSSR count). The summed E-state index contributed by atoms with van der Waals surface area (Å²) in [6.07, 6.45) is 0. The van der Waals surface area contributed by atoms with Crippen LogP contribution in [-0.4, -0.2) is 27.2 Å². The summed E-state index contributed by atoms with van der Waals surface area (Å²) in [5.74, 6) is 0.307. The Morgan fingerprint density at radius 2 is 2.12 bits per heavy atom. The highest BCUT2D eigenvalue weighted by Crippen LogP contribution is 2.14. The lowest BCUT2D eigenvalue weighted by Gasteiger charge is -2.21. The van der Waals surface area contributed by atoms with Crippen molar-refractivity contribution < 1.29 is 9.32 Å². The fourth-order valence-corrected chi connectivity index (χ4v) is 1.42. The third kappa shape index (κ3) is 3.13. The van der Waals surface area contributed by atoms with Crippen LogP contribution in [-0.2, 0) is 4.79 Å². The molecular formula is C9H16N4O2S. The maximum atomic E-state index is 11.8. The van der Waals surface area contributed by atoms with E-state index < -0.39 is 6.04 Å². The maximum absolute atomic E-state index is 11.8. The van der Waals surface area contributed by atoms with Gasteiger partial charge in [-0.05, 0) is 18.0 Å². The number of hydrogen-bond donors (Lipinski definition) is 3. The number of nitrogens with zero attached hydrogens (tertiary/aromatic N) is 2. The predicted octanol–water partition coefficient (Wildman–Crippen LogP) is 0.976. The van der Waals surface area contributed by atoms with Crippen molar-refractivity contribution in [3.05, 3.63) is 0 Å². The molecule has 0 bridgehead atoms. The van der Waals surface area contributed by atoms with Crippen LogP contribution in [0.5, 0.6) is 0 Å². The van der Waals surface area contributed by atoms with E-state index in [1.807, 2.05) is 13.8 Å². The number of anilines is 2. The molecule has 1 aromatic heterocycles. The lowest BCUT2D eigenvalue weighted by molar-refractivity contribution is -0.119. The second kappa shape index (κ2) is 5.20. The Morgan fingerprint density at radius 1 is 1.50 bits per heavy atom. The van der Waals surface area contributed by atoms with Gasteiger partial charge >= 0.3 is 6.01 Å². The first-order chi connectivity index (χ1) is 7.41. The highest BCUT2D eigenvalue weighted by Gasteiger charge is 2.26. The fourth-order valence-electron chi connectivity index (χ4n) is 1.26. The Hall–Kier alpha value is -1.24.